The van der Waals surface area contributed by atoms with Crippen LogP contribution < -0.4 is 0 Å². The highest BCUT2D eigenvalue weighted by Crippen LogP contribution is 2.34. The molecule has 2 heteroatoms. The largest absolute Gasteiger partial charge is 0.478 e. The average molecular weight is 218 g/mol. The maximum Gasteiger partial charge on any atom is 0.335 e. The number of aryl methyl sites for hydroxylation is 1. The molecule has 0 aliphatic heterocycles. The van der Waals surface area contributed by atoms with Gasteiger partial charge in [-0.25, -0.2) is 4.79 Å². The lowest BCUT2D eigenvalue weighted by Gasteiger charge is -2.23. The van der Waals surface area contributed by atoms with Crippen LogP contribution in [0.5, 0.6) is 0 Å². The van der Waals surface area contributed by atoms with Gasteiger partial charge in [0.05, 0.1) is 5.56 Å². The van der Waals surface area contributed by atoms with Gasteiger partial charge in [0, 0.05) is 0 Å². The highest BCUT2D eigenvalue weighted by atomic mass is 16.4. The summed E-state index contributed by atoms with van der Waals surface area (Å²) in [6.07, 6.45) is 3.28. The number of fused-ring (bicyclic) bond motifs is 1. The second-order valence-corrected chi connectivity index (χ2v) is 5.57. The van der Waals surface area contributed by atoms with E-state index in [4.69, 9.17) is 5.11 Å². The Hall–Kier alpha value is -1.31. The average Bonchev–Trinajstić information content (AvgIpc) is 2.61. The smallest absolute Gasteiger partial charge is 0.335 e. The molecule has 0 spiro atoms. The minimum atomic E-state index is -0.819. The molecular weight excluding hydrogens is 200 g/mol. The first-order chi connectivity index (χ1) is 7.39. The lowest BCUT2D eigenvalue weighted by atomic mass is 9.81. The summed E-state index contributed by atoms with van der Waals surface area (Å²) < 4.78 is 0. The minimum absolute atomic E-state index is 0.0277. The number of benzene rings is 1. The maximum atomic E-state index is 11.1. The van der Waals surface area contributed by atoms with Crippen LogP contribution in [0.4, 0.5) is 0 Å². The molecule has 2 nitrogen and oxygen atoms in total. The predicted molar refractivity (Wildman–Crippen MR) is 64.1 cm³/mol. The third-order valence-electron chi connectivity index (χ3n) is 3.27. The molecule has 1 aliphatic carbocycles. The highest BCUT2D eigenvalue weighted by Gasteiger charge is 2.24. The molecule has 2 rings (SSSR count). The van der Waals surface area contributed by atoms with Crippen LogP contribution >= 0.6 is 0 Å². The Morgan fingerprint density at radius 3 is 2.50 bits per heavy atom. The fraction of sp³-hybridized carbons (Fsp3) is 0.500. The molecule has 0 amide bonds. The summed E-state index contributed by atoms with van der Waals surface area (Å²) >= 11 is 0. The van der Waals surface area contributed by atoms with Crippen molar-refractivity contribution in [1.82, 2.24) is 0 Å². The Labute approximate surface area is 96.3 Å². The minimum Gasteiger partial charge on any atom is -0.478 e. The first-order valence-corrected chi connectivity index (χ1v) is 5.79. The second kappa shape index (κ2) is 3.62. The van der Waals surface area contributed by atoms with Gasteiger partial charge in [-0.3, -0.25) is 0 Å². The molecule has 0 saturated carbocycles. The van der Waals surface area contributed by atoms with Crippen molar-refractivity contribution in [3.63, 3.8) is 0 Å². The van der Waals surface area contributed by atoms with Gasteiger partial charge in [0.25, 0.3) is 0 Å². The standard InChI is InChI=1S/C14H18O2/c1-14(2,3)12-8-10(13(15)16)7-9-5-4-6-11(9)12/h7-8H,4-6H2,1-3H3,(H,15,16). The number of hydrogen-bond acceptors (Lipinski definition) is 1. The molecule has 1 aliphatic rings. The maximum absolute atomic E-state index is 11.1. The van der Waals surface area contributed by atoms with E-state index in [1.165, 1.54) is 16.7 Å². The van der Waals surface area contributed by atoms with Gasteiger partial charge in [0.15, 0.2) is 0 Å². The molecule has 0 aromatic heterocycles. The van der Waals surface area contributed by atoms with E-state index in [2.05, 4.69) is 20.8 Å². The molecule has 0 bridgehead atoms. The fourth-order valence-electron chi connectivity index (χ4n) is 2.50. The zero-order valence-electron chi connectivity index (χ0n) is 10.1. The Balaban J connectivity index is 2.63. The van der Waals surface area contributed by atoms with Gasteiger partial charge in [-0.05, 0) is 53.5 Å². The normalized spacial score (nSPS) is 14.9. The Morgan fingerprint density at radius 2 is 1.94 bits per heavy atom. The van der Waals surface area contributed by atoms with E-state index in [0.29, 0.717) is 5.56 Å². The van der Waals surface area contributed by atoms with Crippen LogP contribution in [0.2, 0.25) is 0 Å². The SMILES string of the molecule is CC(C)(C)c1cc(C(=O)O)cc2c1CCC2. The van der Waals surface area contributed by atoms with Crippen LogP contribution in [0.1, 0.15) is 54.2 Å². The number of rotatable bonds is 1. The molecule has 0 saturated heterocycles. The molecule has 16 heavy (non-hydrogen) atoms. The molecule has 86 valence electrons. The van der Waals surface area contributed by atoms with Gasteiger partial charge < -0.3 is 5.11 Å². The molecule has 1 N–H and O–H groups in total. The third-order valence-corrected chi connectivity index (χ3v) is 3.27. The van der Waals surface area contributed by atoms with Crippen molar-refractivity contribution in [2.45, 2.75) is 45.4 Å². The summed E-state index contributed by atoms with van der Waals surface area (Å²) in [7, 11) is 0. The molecule has 0 fully saturated rings. The van der Waals surface area contributed by atoms with E-state index in [1.54, 1.807) is 0 Å². The second-order valence-electron chi connectivity index (χ2n) is 5.57. The molecule has 0 atom stereocenters. The van der Waals surface area contributed by atoms with Crippen LogP contribution in [0, 0.1) is 0 Å². The fourth-order valence-corrected chi connectivity index (χ4v) is 2.50. The van der Waals surface area contributed by atoms with Gasteiger partial charge >= 0.3 is 5.97 Å². The molecule has 0 heterocycles. The third kappa shape index (κ3) is 1.84. The molecule has 1 aromatic carbocycles. The van der Waals surface area contributed by atoms with Gasteiger partial charge in [-0.2, -0.15) is 0 Å². The number of carbonyl (C=O) groups is 1. The van der Waals surface area contributed by atoms with Crippen LogP contribution in [0.3, 0.4) is 0 Å². The van der Waals surface area contributed by atoms with Crippen LogP contribution in [-0.4, -0.2) is 11.1 Å². The summed E-state index contributed by atoms with van der Waals surface area (Å²) in [6, 6.07) is 3.70. The van der Waals surface area contributed by atoms with Crippen molar-refractivity contribution in [1.29, 1.82) is 0 Å². The Kier molecular flexibility index (Phi) is 2.53. The van der Waals surface area contributed by atoms with Crippen molar-refractivity contribution < 1.29 is 9.90 Å². The van der Waals surface area contributed by atoms with Crippen molar-refractivity contribution in [3.05, 3.63) is 34.4 Å². The van der Waals surface area contributed by atoms with Crippen molar-refractivity contribution >= 4 is 5.97 Å². The van der Waals surface area contributed by atoms with Crippen molar-refractivity contribution in [2.24, 2.45) is 0 Å². The van der Waals surface area contributed by atoms with Gasteiger partial charge in [-0.15, -0.1) is 0 Å². The first-order valence-electron chi connectivity index (χ1n) is 5.79. The highest BCUT2D eigenvalue weighted by molar-refractivity contribution is 5.88. The zero-order valence-corrected chi connectivity index (χ0v) is 10.1. The number of aromatic carboxylic acids is 1. The topological polar surface area (TPSA) is 37.3 Å². The number of carboxylic acid groups (broad SMARTS) is 1. The van der Waals surface area contributed by atoms with E-state index >= 15 is 0 Å². The van der Waals surface area contributed by atoms with Gasteiger partial charge in [-0.1, -0.05) is 20.8 Å². The summed E-state index contributed by atoms with van der Waals surface area (Å²) in [5.41, 5.74) is 4.30. The van der Waals surface area contributed by atoms with Crippen LogP contribution in [-0.2, 0) is 18.3 Å². The Bertz CT molecular complexity index is 439. The summed E-state index contributed by atoms with van der Waals surface area (Å²) in [5, 5.41) is 9.11. The lowest BCUT2D eigenvalue weighted by Crippen LogP contribution is -2.16. The summed E-state index contributed by atoms with van der Waals surface area (Å²) in [4.78, 5) is 11.1. The van der Waals surface area contributed by atoms with Crippen LogP contribution in [0.25, 0.3) is 0 Å². The monoisotopic (exact) mass is 218 g/mol. The lowest BCUT2D eigenvalue weighted by molar-refractivity contribution is 0.0696. The quantitative estimate of drug-likeness (QED) is 0.786. The van der Waals surface area contributed by atoms with Gasteiger partial charge in [0.1, 0.15) is 0 Å². The summed E-state index contributed by atoms with van der Waals surface area (Å²) in [5.74, 6) is -0.819. The van der Waals surface area contributed by atoms with E-state index < -0.39 is 5.97 Å². The molecule has 0 radical (unpaired) electrons. The van der Waals surface area contributed by atoms with Crippen LogP contribution in [0.15, 0.2) is 12.1 Å². The first kappa shape index (κ1) is 11.2. The predicted octanol–water partition coefficient (Wildman–Crippen LogP) is 3.17. The molecule has 1 aromatic rings. The number of carboxylic acids is 1. The van der Waals surface area contributed by atoms with E-state index in [0.717, 1.165) is 19.3 Å². The van der Waals surface area contributed by atoms with E-state index in [9.17, 15) is 4.79 Å². The Morgan fingerprint density at radius 1 is 1.25 bits per heavy atom. The molecule has 0 unspecified atom stereocenters. The van der Waals surface area contributed by atoms with E-state index in [1.807, 2.05) is 12.1 Å². The summed E-state index contributed by atoms with van der Waals surface area (Å²) in [6.45, 7) is 6.44. The van der Waals surface area contributed by atoms with Crippen molar-refractivity contribution in [3.8, 4) is 0 Å². The van der Waals surface area contributed by atoms with Gasteiger partial charge in [0.2, 0.25) is 0 Å². The number of hydrogen-bond donors (Lipinski definition) is 1. The van der Waals surface area contributed by atoms with Crippen molar-refractivity contribution in [2.75, 3.05) is 0 Å². The zero-order chi connectivity index (χ0) is 11.9. The molecular formula is C14H18O2. The van der Waals surface area contributed by atoms with E-state index in [-0.39, 0.29) is 5.41 Å².